The van der Waals surface area contributed by atoms with Gasteiger partial charge in [-0.25, -0.2) is 4.90 Å². The van der Waals surface area contributed by atoms with Crippen molar-refractivity contribution in [2.75, 3.05) is 10.2 Å². The first kappa shape index (κ1) is 23.9. The molecule has 4 aromatic rings. The van der Waals surface area contributed by atoms with Gasteiger partial charge in [-0.15, -0.1) is 11.3 Å². The third-order valence-corrected chi connectivity index (χ3v) is 10.1. The molecule has 2 aliphatic heterocycles. The smallest absolute Gasteiger partial charge is 0.308 e. The van der Waals surface area contributed by atoms with E-state index in [-0.39, 0.29) is 29.1 Å². The van der Waals surface area contributed by atoms with Crippen molar-refractivity contribution in [1.29, 1.82) is 0 Å². The predicted octanol–water partition coefficient (Wildman–Crippen LogP) is 4.71. The van der Waals surface area contributed by atoms with Crippen LogP contribution in [0.3, 0.4) is 0 Å². The zero-order valence-electron chi connectivity index (χ0n) is 19.6. The number of benzene rings is 2. The van der Waals surface area contributed by atoms with E-state index in [1.807, 2.05) is 48.7 Å². The Morgan fingerprint density at radius 2 is 1.78 bits per heavy atom. The summed E-state index contributed by atoms with van der Waals surface area (Å²) in [6.07, 6.45) is 0. The van der Waals surface area contributed by atoms with Crippen molar-refractivity contribution in [3.8, 4) is 0 Å². The van der Waals surface area contributed by atoms with E-state index in [0.717, 1.165) is 26.7 Å². The number of carbonyl (C=O) groups is 3. The number of nitrogens with one attached hydrogen (secondary N) is 1. The Morgan fingerprint density at radius 1 is 0.973 bits per heavy atom. The summed E-state index contributed by atoms with van der Waals surface area (Å²) >= 11 is 3.78. The lowest BCUT2D eigenvalue weighted by atomic mass is 9.87. The van der Waals surface area contributed by atoms with E-state index in [2.05, 4.69) is 5.32 Å². The minimum atomic E-state index is -0.688. The maximum atomic E-state index is 13.7. The standard InChI is InChI=1S/C27H21N3O4S3/c1-15-7-5-8-16(13-15)28-19(31)14-29-26-23(37-27(29)34)20(18-11-6-12-35-18)21-22(36-26)25(33)30(24(21)32)17-9-3-2-4-10-17/h2-13,20-22H,14H2,1H3,(H,28,31)/t20-,21?,22?/m1/s1. The number of rotatable bonds is 5. The van der Waals surface area contributed by atoms with Gasteiger partial charge in [0, 0.05) is 21.4 Å². The van der Waals surface area contributed by atoms with E-state index in [4.69, 9.17) is 0 Å². The van der Waals surface area contributed by atoms with E-state index in [1.165, 1.54) is 32.6 Å². The number of aromatic nitrogens is 1. The molecular formula is C27H21N3O4S3. The van der Waals surface area contributed by atoms with E-state index in [9.17, 15) is 19.2 Å². The van der Waals surface area contributed by atoms with E-state index < -0.39 is 17.1 Å². The van der Waals surface area contributed by atoms with Crippen LogP contribution in [0.15, 0.2) is 81.9 Å². The maximum Gasteiger partial charge on any atom is 0.308 e. The van der Waals surface area contributed by atoms with Gasteiger partial charge in [0.25, 0.3) is 0 Å². The number of amides is 3. The summed E-state index contributed by atoms with van der Waals surface area (Å²) in [5.41, 5.74) is 2.20. The lowest BCUT2D eigenvalue weighted by molar-refractivity contribution is -0.122. The number of thiophene rings is 1. The fraction of sp³-hybridized carbons (Fsp3) is 0.185. The van der Waals surface area contributed by atoms with E-state index in [1.54, 1.807) is 30.3 Å². The summed E-state index contributed by atoms with van der Waals surface area (Å²) in [6, 6.07) is 20.2. The molecule has 0 spiro atoms. The molecule has 3 atom stereocenters. The van der Waals surface area contributed by atoms with Crippen molar-refractivity contribution in [1.82, 2.24) is 4.57 Å². The topological polar surface area (TPSA) is 88.5 Å². The van der Waals surface area contributed by atoms with Crippen LogP contribution in [0.25, 0.3) is 0 Å². The molecule has 37 heavy (non-hydrogen) atoms. The number of para-hydroxylation sites is 1. The van der Waals surface area contributed by atoms with Gasteiger partial charge in [0.15, 0.2) is 0 Å². The molecule has 2 aromatic carbocycles. The van der Waals surface area contributed by atoms with Gasteiger partial charge in [0.05, 0.1) is 16.6 Å². The van der Waals surface area contributed by atoms with Crippen molar-refractivity contribution >= 4 is 63.5 Å². The fourth-order valence-corrected chi connectivity index (χ4v) is 8.65. The van der Waals surface area contributed by atoms with Crippen molar-refractivity contribution in [3.05, 3.63) is 97.1 Å². The fourth-order valence-electron chi connectivity index (χ4n) is 4.93. The van der Waals surface area contributed by atoms with Crippen LogP contribution in [0.1, 0.15) is 21.2 Å². The number of thioether (sulfide) groups is 1. The molecule has 2 unspecified atom stereocenters. The van der Waals surface area contributed by atoms with Crippen LogP contribution in [0.2, 0.25) is 0 Å². The van der Waals surface area contributed by atoms with E-state index >= 15 is 0 Å². The molecule has 2 aromatic heterocycles. The lowest BCUT2D eigenvalue weighted by Crippen LogP contribution is -2.32. The first-order valence-electron chi connectivity index (χ1n) is 11.7. The highest BCUT2D eigenvalue weighted by Gasteiger charge is 2.57. The zero-order valence-corrected chi connectivity index (χ0v) is 22.1. The van der Waals surface area contributed by atoms with Gasteiger partial charge >= 0.3 is 4.87 Å². The minimum absolute atomic E-state index is 0.176. The van der Waals surface area contributed by atoms with Gasteiger partial charge in [-0.05, 0) is 48.2 Å². The number of thiazole rings is 1. The van der Waals surface area contributed by atoms with Gasteiger partial charge in [-0.1, -0.05) is 59.5 Å². The molecule has 2 aliphatic rings. The molecule has 0 saturated carbocycles. The summed E-state index contributed by atoms with van der Waals surface area (Å²) in [5, 5.41) is 4.68. The zero-order chi connectivity index (χ0) is 25.7. The number of aryl methyl sites for hydroxylation is 1. The Balaban J connectivity index is 1.39. The van der Waals surface area contributed by atoms with E-state index in [0.29, 0.717) is 16.4 Å². The molecule has 10 heteroatoms. The number of nitrogens with zero attached hydrogens (tertiary/aromatic N) is 2. The Kier molecular flexibility index (Phi) is 6.10. The molecule has 4 heterocycles. The number of fused-ring (bicyclic) bond motifs is 2. The van der Waals surface area contributed by atoms with Crippen molar-refractivity contribution in [2.45, 2.75) is 29.7 Å². The van der Waals surface area contributed by atoms with Gasteiger partial charge in [0.2, 0.25) is 17.7 Å². The average Bonchev–Trinajstić information content (AvgIpc) is 3.57. The Labute approximate surface area is 224 Å². The van der Waals surface area contributed by atoms with Crippen molar-refractivity contribution in [2.24, 2.45) is 5.92 Å². The maximum absolute atomic E-state index is 13.7. The summed E-state index contributed by atoms with van der Waals surface area (Å²) in [4.78, 5) is 56.0. The monoisotopic (exact) mass is 547 g/mol. The quantitative estimate of drug-likeness (QED) is 0.366. The second-order valence-corrected chi connectivity index (χ2v) is 12.0. The van der Waals surface area contributed by atoms with Crippen LogP contribution in [-0.4, -0.2) is 27.5 Å². The molecule has 1 N–H and O–H groups in total. The Morgan fingerprint density at radius 3 is 2.51 bits per heavy atom. The van der Waals surface area contributed by atoms with Crippen LogP contribution < -0.4 is 15.1 Å². The van der Waals surface area contributed by atoms with Gasteiger partial charge in [-0.3, -0.25) is 23.7 Å². The molecule has 6 rings (SSSR count). The molecule has 7 nitrogen and oxygen atoms in total. The van der Waals surface area contributed by atoms with Crippen LogP contribution in [0.4, 0.5) is 11.4 Å². The summed E-state index contributed by atoms with van der Waals surface area (Å²) in [7, 11) is 0. The normalized spacial score (nSPS) is 20.6. The molecule has 1 saturated heterocycles. The van der Waals surface area contributed by atoms with Gasteiger partial charge in [-0.2, -0.15) is 0 Å². The SMILES string of the molecule is Cc1cccc(NC(=O)Cn2c3c(sc2=O)[C@H](c2cccs2)C2C(=O)N(c4ccccc4)C(=O)C2S3)c1. The van der Waals surface area contributed by atoms with Gasteiger partial charge in [0.1, 0.15) is 11.8 Å². The first-order valence-corrected chi connectivity index (χ1v) is 14.2. The first-order chi connectivity index (χ1) is 17.9. The summed E-state index contributed by atoms with van der Waals surface area (Å²) in [6.45, 7) is 1.76. The third-order valence-electron chi connectivity index (χ3n) is 6.52. The Bertz CT molecular complexity index is 1580. The Hall–Kier alpha value is -3.47. The van der Waals surface area contributed by atoms with Crippen LogP contribution >= 0.6 is 34.4 Å². The molecule has 0 bridgehead atoms. The molecule has 186 valence electrons. The number of carbonyl (C=O) groups excluding carboxylic acids is 3. The highest BCUT2D eigenvalue weighted by Crippen LogP contribution is 2.54. The second-order valence-electron chi connectivity index (χ2n) is 8.95. The number of hydrogen-bond acceptors (Lipinski definition) is 7. The van der Waals surface area contributed by atoms with Gasteiger partial charge < -0.3 is 5.32 Å². The lowest BCUT2D eigenvalue weighted by Gasteiger charge is -2.29. The van der Waals surface area contributed by atoms with Crippen molar-refractivity contribution in [3.63, 3.8) is 0 Å². The molecule has 0 radical (unpaired) electrons. The molecular weight excluding hydrogens is 527 g/mol. The second kappa shape index (κ2) is 9.44. The highest BCUT2D eigenvalue weighted by atomic mass is 32.2. The average molecular weight is 548 g/mol. The molecule has 3 amide bonds. The molecule has 1 fully saturated rings. The minimum Gasteiger partial charge on any atom is -0.325 e. The predicted molar refractivity (Wildman–Crippen MR) is 147 cm³/mol. The summed E-state index contributed by atoms with van der Waals surface area (Å²) in [5.74, 6) is -1.94. The number of anilines is 2. The van der Waals surface area contributed by atoms with Crippen molar-refractivity contribution < 1.29 is 14.4 Å². The third kappa shape index (κ3) is 4.14. The highest BCUT2D eigenvalue weighted by molar-refractivity contribution is 8.00. The largest absolute Gasteiger partial charge is 0.325 e. The number of hydrogen-bond donors (Lipinski definition) is 1. The number of imide groups is 1. The van der Waals surface area contributed by atoms with Crippen LogP contribution in [0.5, 0.6) is 0 Å². The summed E-state index contributed by atoms with van der Waals surface area (Å²) < 4.78 is 1.44. The molecule has 0 aliphatic carbocycles. The van der Waals surface area contributed by atoms with Crippen LogP contribution in [0, 0.1) is 12.8 Å². The van der Waals surface area contributed by atoms with Crippen LogP contribution in [-0.2, 0) is 20.9 Å².